The van der Waals surface area contributed by atoms with Crippen LogP contribution in [0.4, 0.5) is 4.79 Å². The molecule has 24 heavy (non-hydrogen) atoms. The molecule has 1 saturated heterocycles. The van der Waals surface area contributed by atoms with Gasteiger partial charge in [0.05, 0.1) is 12.6 Å². The maximum atomic E-state index is 11.9. The molecule has 1 rings (SSSR count). The molecule has 1 heterocycles. The molecule has 0 aromatic rings. The van der Waals surface area contributed by atoms with Crippen molar-refractivity contribution in [3.63, 3.8) is 0 Å². The molecule has 142 valence electrons. The third kappa shape index (κ3) is 9.54. The molecule has 0 saturated carbocycles. The zero-order valence-corrected chi connectivity index (χ0v) is 18.1. The van der Waals surface area contributed by atoms with Crippen molar-refractivity contribution in [3.05, 3.63) is 0 Å². The van der Waals surface area contributed by atoms with Gasteiger partial charge in [-0.1, -0.05) is 26.7 Å². The fraction of sp³-hybridized carbons (Fsp3) is 0.882. The van der Waals surface area contributed by atoms with Gasteiger partial charge in [0.2, 0.25) is 0 Å². The molecule has 6 nitrogen and oxygen atoms in total. The highest BCUT2D eigenvalue weighted by Crippen LogP contribution is 2.11. The maximum absolute atomic E-state index is 11.9. The summed E-state index contributed by atoms with van der Waals surface area (Å²) in [6.45, 7) is 12.1. The Balaban J connectivity index is 0.00000529. The number of nitrogens with one attached hydrogen (secondary N) is 1. The summed E-state index contributed by atoms with van der Waals surface area (Å²) in [6, 6.07) is -0.0876. The van der Waals surface area contributed by atoms with Gasteiger partial charge >= 0.3 is 6.09 Å². The fourth-order valence-electron chi connectivity index (χ4n) is 2.47. The smallest absolute Gasteiger partial charge is 0.407 e. The van der Waals surface area contributed by atoms with Gasteiger partial charge in [0, 0.05) is 13.1 Å². The second-order valence-corrected chi connectivity index (χ2v) is 7.60. The molecule has 1 unspecified atom stereocenters. The van der Waals surface area contributed by atoms with Crippen LogP contribution in [0.25, 0.3) is 0 Å². The van der Waals surface area contributed by atoms with Gasteiger partial charge in [-0.25, -0.2) is 4.79 Å². The molecule has 1 atom stereocenters. The molecule has 0 aromatic heterocycles. The van der Waals surface area contributed by atoms with Crippen molar-refractivity contribution < 1.29 is 9.53 Å². The number of ether oxygens (including phenoxy) is 1. The Labute approximate surface area is 164 Å². The molecular formula is C17H35IN4O2. The number of carbonyl (C=O) groups excluding carboxylic acids is 1. The van der Waals surface area contributed by atoms with E-state index in [9.17, 15) is 4.79 Å². The number of alkyl carbamates (subject to hydrolysis) is 1. The van der Waals surface area contributed by atoms with E-state index < -0.39 is 11.7 Å². The molecule has 1 aliphatic rings. The lowest BCUT2D eigenvalue weighted by Gasteiger charge is -2.26. The van der Waals surface area contributed by atoms with E-state index in [2.05, 4.69) is 29.1 Å². The Bertz CT molecular complexity index is 400. The number of hydrogen-bond donors (Lipinski definition) is 2. The summed E-state index contributed by atoms with van der Waals surface area (Å²) >= 11 is 0. The third-order valence-corrected chi connectivity index (χ3v) is 3.89. The number of halogens is 1. The minimum Gasteiger partial charge on any atom is -0.444 e. The zero-order valence-electron chi connectivity index (χ0n) is 15.8. The van der Waals surface area contributed by atoms with Gasteiger partial charge in [-0.2, -0.15) is 0 Å². The first-order valence-electron chi connectivity index (χ1n) is 8.73. The van der Waals surface area contributed by atoms with Crippen LogP contribution in [-0.2, 0) is 4.74 Å². The van der Waals surface area contributed by atoms with Crippen molar-refractivity contribution in [3.8, 4) is 0 Å². The number of rotatable bonds is 4. The number of hydrogen-bond acceptors (Lipinski definition) is 3. The largest absolute Gasteiger partial charge is 0.444 e. The minimum atomic E-state index is -0.500. The number of nitrogens with two attached hydrogens (primary N) is 1. The first-order chi connectivity index (χ1) is 10.7. The van der Waals surface area contributed by atoms with Crippen molar-refractivity contribution in [1.29, 1.82) is 0 Å². The van der Waals surface area contributed by atoms with Gasteiger partial charge in [-0.15, -0.1) is 24.0 Å². The van der Waals surface area contributed by atoms with Gasteiger partial charge in [0.25, 0.3) is 0 Å². The summed E-state index contributed by atoms with van der Waals surface area (Å²) in [6.07, 6.45) is 4.46. The van der Waals surface area contributed by atoms with Crippen LogP contribution >= 0.6 is 24.0 Å². The van der Waals surface area contributed by atoms with Crippen LogP contribution < -0.4 is 11.1 Å². The molecule has 1 fully saturated rings. The van der Waals surface area contributed by atoms with E-state index in [0.717, 1.165) is 13.1 Å². The quantitative estimate of drug-likeness (QED) is 0.388. The number of amides is 1. The van der Waals surface area contributed by atoms with E-state index in [-0.39, 0.29) is 35.9 Å². The third-order valence-electron chi connectivity index (χ3n) is 3.89. The molecule has 3 N–H and O–H groups in total. The monoisotopic (exact) mass is 454 g/mol. The molecule has 0 aromatic carbocycles. The minimum absolute atomic E-state index is 0. The van der Waals surface area contributed by atoms with Gasteiger partial charge < -0.3 is 20.7 Å². The van der Waals surface area contributed by atoms with Crippen molar-refractivity contribution in [1.82, 2.24) is 10.2 Å². The van der Waals surface area contributed by atoms with Crippen molar-refractivity contribution in [2.75, 3.05) is 19.6 Å². The van der Waals surface area contributed by atoms with Gasteiger partial charge in [0.1, 0.15) is 5.60 Å². The summed E-state index contributed by atoms with van der Waals surface area (Å²) < 4.78 is 5.32. The average Bonchev–Trinajstić information content (AvgIpc) is 2.69. The zero-order chi connectivity index (χ0) is 17.5. The second-order valence-electron chi connectivity index (χ2n) is 7.60. The normalized spacial score (nSPS) is 17.8. The highest BCUT2D eigenvalue weighted by molar-refractivity contribution is 14.0. The Hall–Kier alpha value is -0.730. The molecule has 1 amide bonds. The Morgan fingerprint density at radius 1 is 1.21 bits per heavy atom. The summed E-state index contributed by atoms with van der Waals surface area (Å²) in [5.41, 5.74) is 5.63. The number of aliphatic imine (C=N–C) groups is 1. The summed E-state index contributed by atoms with van der Waals surface area (Å²) in [5.74, 6) is 0.840. The van der Waals surface area contributed by atoms with Crippen LogP contribution in [0.1, 0.15) is 60.3 Å². The average molecular weight is 454 g/mol. The van der Waals surface area contributed by atoms with Crippen LogP contribution in [0.15, 0.2) is 4.99 Å². The Morgan fingerprint density at radius 3 is 2.21 bits per heavy atom. The van der Waals surface area contributed by atoms with E-state index in [0.29, 0.717) is 12.5 Å². The first-order valence-corrected chi connectivity index (χ1v) is 8.73. The van der Waals surface area contributed by atoms with E-state index >= 15 is 0 Å². The Kier molecular flexibility index (Phi) is 10.7. The van der Waals surface area contributed by atoms with E-state index in [4.69, 9.17) is 10.5 Å². The second kappa shape index (κ2) is 11.0. The lowest BCUT2D eigenvalue weighted by Crippen LogP contribution is -2.45. The van der Waals surface area contributed by atoms with Crippen LogP contribution in [0, 0.1) is 5.92 Å². The predicted molar refractivity (Wildman–Crippen MR) is 110 cm³/mol. The SMILES string of the molecule is CC(C)C(CN=C(N)N1CCCCCC1)NC(=O)OC(C)(C)C.I. The standard InChI is InChI=1S/C17H34N4O2.HI/c1-13(2)14(20-16(22)23-17(3,4)5)12-19-15(18)21-10-8-6-7-9-11-21;/h13-14H,6-12H2,1-5H3,(H2,18,19)(H,20,22);1H. The Morgan fingerprint density at radius 2 is 1.75 bits per heavy atom. The van der Waals surface area contributed by atoms with Crippen LogP contribution in [0.2, 0.25) is 0 Å². The highest BCUT2D eigenvalue weighted by atomic mass is 127. The number of guanidine groups is 1. The van der Waals surface area contributed by atoms with Crippen LogP contribution in [0.5, 0.6) is 0 Å². The lowest BCUT2D eigenvalue weighted by molar-refractivity contribution is 0.0493. The maximum Gasteiger partial charge on any atom is 0.407 e. The first kappa shape index (κ1) is 23.3. The van der Waals surface area contributed by atoms with Crippen molar-refractivity contribution >= 4 is 36.0 Å². The fourth-order valence-corrected chi connectivity index (χ4v) is 2.47. The van der Waals surface area contributed by atoms with Gasteiger partial charge in [-0.05, 0) is 39.5 Å². The lowest BCUT2D eigenvalue weighted by atomic mass is 10.1. The molecule has 0 bridgehead atoms. The van der Waals surface area contributed by atoms with Gasteiger partial charge in [0.15, 0.2) is 5.96 Å². The van der Waals surface area contributed by atoms with Crippen LogP contribution in [-0.4, -0.2) is 48.2 Å². The predicted octanol–water partition coefficient (Wildman–Crippen LogP) is 3.34. The molecule has 0 aliphatic carbocycles. The number of carbonyl (C=O) groups is 1. The molecule has 0 spiro atoms. The molecule has 1 aliphatic heterocycles. The van der Waals surface area contributed by atoms with Crippen molar-refractivity contribution in [2.24, 2.45) is 16.6 Å². The van der Waals surface area contributed by atoms with E-state index in [1.54, 1.807) is 0 Å². The highest BCUT2D eigenvalue weighted by Gasteiger charge is 2.21. The van der Waals surface area contributed by atoms with Crippen molar-refractivity contribution in [2.45, 2.75) is 71.9 Å². The molecule has 7 heteroatoms. The van der Waals surface area contributed by atoms with Gasteiger partial charge in [-0.3, -0.25) is 4.99 Å². The van der Waals surface area contributed by atoms with E-state index in [1.807, 2.05) is 20.8 Å². The number of likely N-dealkylation sites (tertiary alicyclic amines) is 1. The van der Waals surface area contributed by atoms with Crippen LogP contribution in [0.3, 0.4) is 0 Å². The number of nitrogens with zero attached hydrogens (tertiary/aromatic N) is 2. The summed E-state index contributed by atoms with van der Waals surface area (Å²) in [7, 11) is 0. The summed E-state index contributed by atoms with van der Waals surface area (Å²) in [4.78, 5) is 18.6. The summed E-state index contributed by atoms with van der Waals surface area (Å²) in [5, 5.41) is 2.90. The topological polar surface area (TPSA) is 80.0 Å². The molecular weight excluding hydrogens is 419 g/mol. The molecule has 0 radical (unpaired) electrons. The van der Waals surface area contributed by atoms with E-state index in [1.165, 1.54) is 25.7 Å².